The molecule has 0 atom stereocenters. The molecule has 0 saturated carbocycles. The number of aryl methyl sites for hydroxylation is 1. The average molecular weight is 236 g/mol. The van der Waals surface area contributed by atoms with Gasteiger partial charge in [0.05, 0.1) is 0 Å². The summed E-state index contributed by atoms with van der Waals surface area (Å²) in [7, 11) is 0. The smallest absolute Gasteiger partial charge is 0.223 e. The number of nitrogens with two attached hydrogens (primary N) is 1. The molecule has 90 valence electrons. The maximum absolute atomic E-state index is 8.71. The lowest BCUT2D eigenvalue weighted by Crippen LogP contribution is -1.96. The van der Waals surface area contributed by atoms with E-state index in [1.165, 1.54) is 24.5 Å². The minimum atomic E-state index is -0.475. The number of phenols is 3. The minimum absolute atomic E-state index is 0.275. The van der Waals surface area contributed by atoms with Crippen molar-refractivity contribution in [3.05, 3.63) is 30.4 Å². The van der Waals surface area contributed by atoms with Crippen LogP contribution in [0.1, 0.15) is 5.82 Å². The second kappa shape index (κ2) is 5.50. The van der Waals surface area contributed by atoms with E-state index in [2.05, 4.69) is 15.0 Å². The molecule has 0 aliphatic carbocycles. The van der Waals surface area contributed by atoms with Crippen LogP contribution in [0.5, 0.6) is 17.2 Å². The van der Waals surface area contributed by atoms with E-state index in [9.17, 15) is 0 Å². The number of nitrogens with zero attached hydrogens (tertiary/aromatic N) is 3. The van der Waals surface area contributed by atoms with Gasteiger partial charge in [-0.3, -0.25) is 0 Å². The minimum Gasteiger partial charge on any atom is -0.504 e. The van der Waals surface area contributed by atoms with Gasteiger partial charge in [-0.2, -0.15) is 4.98 Å². The van der Waals surface area contributed by atoms with Crippen LogP contribution in [0.2, 0.25) is 0 Å². The Labute approximate surface area is 97.2 Å². The molecule has 0 radical (unpaired) electrons. The maximum Gasteiger partial charge on any atom is 0.223 e. The molecule has 7 nitrogen and oxygen atoms in total. The molecule has 17 heavy (non-hydrogen) atoms. The normalized spacial score (nSPS) is 9.24. The van der Waals surface area contributed by atoms with Crippen molar-refractivity contribution in [2.75, 3.05) is 5.73 Å². The first-order chi connectivity index (χ1) is 8.00. The molecule has 2 aromatic rings. The molecular weight excluding hydrogens is 224 g/mol. The molecule has 5 N–H and O–H groups in total. The second-order valence-electron chi connectivity index (χ2n) is 3.04. The van der Waals surface area contributed by atoms with Crippen LogP contribution >= 0.6 is 0 Å². The molecule has 1 aromatic heterocycles. The van der Waals surface area contributed by atoms with Gasteiger partial charge in [-0.25, -0.2) is 9.97 Å². The third-order valence-electron chi connectivity index (χ3n) is 1.70. The molecule has 0 bridgehead atoms. The van der Waals surface area contributed by atoms with E-state index in [0.717, 1.165) is 0 Å². The average Bonchev–Trinajstić information content (AvgIpc) is 2.26. The van der Waals surface area contributed by atoms with Crippen LogP contribution in [0.25, 0.3) is 0 Å². The van der Waals surface area contributed by atoms with E-state index in [1.807, 2.05) is 0 Å². The Hall–Kier alpha value is -2.57. The lowest BCUT2D eigenvalue weighted by Gasteiger charge is -1.96. The van der Waals surface area contributed by atoms with Crippen molar-refractivity contribution in [2.24, 2.45) is 0 Å². The monoisotopic (exact) mass is 236 g/mol. The number of phenolic OH excluding ortho intramolecular Hbond substituents is 3. The predicted molar refractivity (Wildman–Crippen MR) is 60.4 cm³/mol. The molecule has 7 heteroatoms. The molecule has 1 aromatic carbocycles. The molecule has 0 amide bonds. The van der Waals surface area contributed by atoms with Crippen LogP contribution in [0.15, 0.2) is 24.5 Å². The molecule has 0 spiro atoms. The Balaban J connectivity index is 0.000000171. The lowest BCUT2D eigenvalue weighted by atomic mass is 10.3. The zero-order chi connectivity index (χ0) is 12.8. The Bertz CT molecular complexity index is 467. The predicted octanol–water partition coefficient (Wildman–Crippen LogP) is 0.566. The third kappa shape index (κ3) is 3.82. The number of para-hydroxylation sites is 1. The van der Waals surface area contributed by atoms with Crippen molar-refractivity contribution >= 4 is 5.95 Å². The summed E-state index contributed by atoms with van der Waals surface area (Å²) in [6, 6.07) is 4.01. The van der Waals surface area contributed by atoms with E-state index >= 15 is 0 Å². The van der Waals surface area contributed by atoms with Crippen molar-refractivity contribution in [2.45, 2.75) is 6.92 Å². The molecule has 0 fully saturated rings. The van der Waals surface area contributed by atoms with E-state index in [-0.39, 0.29) is 17.4 Å². The summed E-state index contributed by atoms with van der Waals surface area (Å²) in [6.45, 7) is 1.76. The fourth-order valence-electron chi connectivity index (χ4n) is 0.915. The first kappa shape index (κ1) is 12.5. The maximum atomic E-state index is 8.71. The Kier molecular flexibility index (Phi) is 4.04. The summed E-state index contributed by atoms with van der Waals surface area (Å²) in [5, 5.41) is 26.1. The first-order valence-corrected chi connectivity index (χ1v) is 4.61. The van der Waals surface area contributed by atoms with Crippen molar-refractivity contribution in [1.29, 1.82) is 0 Å². The van der Waals surface area contributed by atoms with Crippen LogP contribution in [-0.2, 0) is 0 Å². The second-order valence-corrected chi connectivity index (χ2v) is 3.04. The number of aromatic hydroxyl groups is 3. The summed E-state index contributed by atoms with van der Waals surface area (Å²) in [5.41, 5.74) is 5.20. The Morgan fingerprint density at radius 3 is 2.00 bits per heavy atom. The Morgan fingerprint density at radius 2 is 1.65 bits per heavy atom. The van der Waals surface area contributed by atoms with Crippen LogP contribution in [0, 0.1) is 6.92 Å². The van der Waals surface area contributed by atoms with Gasteiger partial charge < -0.3 is 21.1 Å². The molecular formula is C10H12N4O3. The number of anilines is 1. The molecule has 2 rings (SSSR count). The van der Waals surface area contributed by atoms with Crippen molar-refractivity contribution in [3.63, 3.8) is 0 Å². The number of nitrogen functional groups attached to an aromatic ring is 1. The van der Waals surface area contributed by atoms with Gasteiger partial charge in [0.1, 0.15) is 12.2 Å². The highest BCUT2D eigenvalue weighted by Crippen LogP contribution is 2.32. The standard InChI is InChI=1S/C6H6O3.C4H6N4/c7-4-2-1-3-5(8)6(4)9;1-3-6-2-7-4(5)8-3/h1-3,7-9H;2H,1H3,(H2,5,6,7,8). The van der Waals surface area contributed by atoms with Gasteiger partial charge in [-0.15, -0.1) is 0 Å². The number of hydrogen-bond donors (Lipinski definition) is 4. The largest absolute Gasteiger partial charge is 0.504 e. The molecule has 1 heterocycles. The SMILES string of the molecule is Cc1ncnc(N)n1.Oc1cccc(O)c1O. The number of rotatable bonds is 0. The van der Waals surface area contributed by atoms with Crippen molar-refractivity contribution < 1.29 is 15.3 Å². The van der Waals surface area contributed by atoms with Crippen LogP contribution < -0.4 is 5.73 Å². The molecule has 0 saturated heterocycles. The Morgan fingerprint density at radius 1 is 1.06 bits per heavy atom. The third-order valence-corrected chi connectivity index (χ3v) is 1.70. The summed E-state index contributed by atoms with van der Waals surface area (Å²) >= 11 is 0. The fourth-order valence-corrected chi connectivity index (χ4v) is 0.915. The summed E-state index contributed by atoms with van der Waals surface area (Å²) in [6.07, 6.45) is 1.39. The van der Waals surface area contributed by atoms with E-state index < -0.39 is 5.75 Å². The summed E-state index contributed by atoms with van der Waals surface area (Å²) in [4.78, 5) is 11.1. The molecule has 0 aliphatic rings. The highest BCUT2D eigenvalue weighted by Gasteiger charge is 2.00. The van der Waals surface area contributed by atoms with Crippen molar-refractivity contribution in [1.82, 2.24) is 15.0 Å². The van der Waals surface area contributed by atoms with E-state index in [1.54, 1.807) is 6.92 Å². The van der Waals surface area contributed by atoms with Gasteiger partial charge in [0.25, 0.3) is 0 Å². The van der Waals surface area contributed by atoms with Crippen LogP contribution in [0.4, 0.5) is 5.95 Å². The zero-order valence-electron chi connectivity index (χ0n) is 9.07. The van der Waals surface area contributed by atoms with Crippen molar-refractivity contribution in [3.8, 4) is 17.2 Å². The number of benzene rings is 1. The number of hydrogen-bond acceptors (Lipinski definition) is 7. The van der Waals surface area contributed by atoms with Gasteiger partial charge in [-0.1, -0.05) is 6.07 Å². The zero-order valence-corrected chi connectivity index (χ0v) is 9.07. The van der Waals surface area contributed by atoms with E-state index in [4.69, 9.17) is 21.1 Å². The summed E-state index contributed by atoms with van der Waals surface area (Å²) in [5.74, 6) is -0.169. The quantitative estimate of drug-likeness (QED) is 0.492. The van der Waals surface area contributed by atoms with Gasteiger partial charge in [0.15, 0.2) is 17.2 Å². The molecule has 0 unspecified atom stereocenters. The fraction of sp³-hybridized carbons (Fsp3) is 0.100. The summed E-state index contributed by atoms with van der Waals surface area (Å²) < 4.78 is 0. The highest BCUT2D eigenvalue weighted by atomic mass is 16.3. The van der Waals surface area contributed by atoms with E-state index in [0.29, 0.717) is 5.82 Å². The highest BCUT2D eigenvalue weighted by molar-refractivity contribution is 5.47. The topological polar surface area (TPSA) is 125 Å². The van der Waals surface area contributed by atoms with Crippen LogP contribution in [0.3, 0.4) is 0 Å². The van der Waals surface area contributed by atoms with Gasteiger partial charge in [0, 0.05) is 0 Å². The number of aromatic nitrogens is 3. The molecule has 0 aliphatic heterocycles. The van der Waals surface area contributed by atoms with Gasteiger partial charge >= 0.3 is 0 Å². The lowest BCUT2D eigenvalue weighted by molar-refractivity contribution is 0.368. The van der Waals surface area contributed by atoms with Crippen LogP contribution in [-0.4, -0.2) is 30.3 Å². The van der Waals surface area contributed by atoms with Gasteiger partial charge in [-0.05, 0) is 19.1 Å². The first-order valence-electron chi connectivity index (χ1n) is 4.61. The van der Waals surface area contributed by atoms with Gasteiger partial charge in [0.2, 0.25) is 5.95 Å².